The summed E-state index contributed by atoms with van der Waals surface area (Å²) in [5.74, 6) is 1.71. The molecule has 23 heavy (non-hydrogen) atoms. The first-order valence-corrected chi connectivity index (χ1v) is 8.16. The van der Waals surface area contributed by atoms with E-state index in [1.807, 2.05) is 18.2 Å². The molecule has 0 radical (unpaired) electrons. The van der Waals surface area contributed by atoms with E-state index in [9.17, 15) is 4.79 Å². The Balaban J connectivity index is 1.81. The van der Waals surface area contributed by atoms with Gasteiger partial charge in [0.2, 0.25) is 0 Å². The smallest absolute Gasteiger partial charge is 0.254 e. The summed E-state index contributed by atoms with van der Waals surface area (Å²) in [7, 11) is 1.70. The van der Waals surface area contributed by atoms with Gasteiger partial charge in [0, 0.05) is 37.2 Å². The molecular weight excluding hydrogens is 290 g/mol. The van der Waals surface area contributed by atoms with E-state index in [0.717, 1.165) is 60.7 Å². The number of rotatable bonds is 5. The summed E-state index contributed by atoms with van der Waals surface area (Å²) < 4.78 is 5.43. The second-order valence-electron chi connectivity index (χ2n) is 5.96. The Bertz CT molecular complexity index is 739. The van der Waals surface area contributed by atoms with Crippen LogP contribution in [0, 0.1) is 0 Å². The van der Waals surface area contributed by atoms with E-state index in [2.05, 4.69) is 27.9 Å². The van der Waals surface area contributed by atoms with Crippen LogP contribution in [0.1, 0.15) is 36.0 Å². The maximum atomic E-state index is 12.2. The summed E-state index contributed by atoms with van der Waals surface area (Å²) >= 11 is 0. The minimum Gasteiger partial charge on any atom is -0.496 e. The van der Waals surface area contributed by atoms with Crippen LogP contribution in [0.2, 0.25) is 0 Å². The van der Waals surface area contributed by atoms with Crippen molar-refractivity contribution in [1.82, 2.24) is 14.9 Å². The molecule has 122 valence electrons. The summed E-state index contributed by atoms with van der Waals surface area (Å²) in [5, 5.41) is 0. The predicted molar refractivity (Wildman–Crippen MR) is 89.7 cm³/mol. The largest absolute Gasteiger partial charge is 0.496 e. The number of hydrogen-bond donors (Lipinski definition) is 1. The summed E-state index contributed by atoms with van der Waals surface area (Å²) in [5.41, 5.74) is 2.98. The van der Waals surface area contributed by atoms with Crippen molar-refractivity contribution in [2.24, 2.45) is 0 Å². The summed E-state index contributed by atoms with van der Waals surface area (Å²) in [6.07, 6.45) is 2.54. The topological polar surface area (TPSA) is 58.2 Å². The van der Waals surface area contributed by atoms with Crippen LogP contribution in [0.25, 0.3) is 0 Å². The number of hydrogen-bond acceptors (Lipinski definition) is 4. The summed E-state index contributed by atoms with van der Waals surface area (Å²) in [6.45, 7) is 4.48. The number of ether oxygens (including phenoxy) is 1. The van der Waals surface area contributed by atoms with E-state index in [1.54, 1.807) is 7.11 Å². The molecule has 0 fully saturated rings. The number of aromatic nitrogens is 2. The fourth-order valence-corrected chi connectivity index (χ4v) is 3.11. The predicted octanol–water partition coefficient (Wildman–Crippen LogP) is 2.29. The van der Waals surface area contributed by atoms with Gasteiger partial charge >= 0.3 is 0 Å². The van der Waals surface area contributed by atoms with Crippen molar-refractivity contribution in [3.05, 3.63) is 57.3 Å². The van der Waals surface area contributed by atoms with Crippen molar-refractivity contribution >= 4 is 0 Å². The molecule has 5 heteroatoms. The van der Waals surface area contributed by atoms with Gasteiger partial charge in [0.05, 0.1) is 12.8 Å². The number of para-hydroxylation sites is 1. The average molecular weight is 313 g/mol. The summed E-state index contributed by atoms with van der Waals surface area (Å²) in [4.78, 5) is 22.1. The summed E-state index contributed by atoms with van der Waals surface area (Å²) in [6, 6.07) is 8.07. The number of benzene rings is 1. The van der Waals surface area contributed by atoms with Gasteiger partial charge in [-0.15, -0.1) is 0 Å². The van der Waals surface area contributed by atoms with Crippen LogP contribution in [-0.4, -0.2) is 28.5 Å². The monoisotopic (exact) mass is 313 g/mol. The standard InChI is InChI=1S/C18H23N3O2/c1-3-6-17-19-15-12-21(10-9-14(15)18(22)20-17)11-13-7-4-5-8-16(13)23-2/h4-5,7-8H,3,6,9-12H2,1-2H3,(H,19,20,22). The maximum absolute atomic E-state index is 12.2. The number of H-pyrrole nitrogens is 1. The van der Waals surface area contributed by atoms with E-state index < -0.39 is 0 Å². The zero-order chi connectivity index (χ0) is 16.2. The third-order valence-electron chi connectivity index (χ3n) is 4.27. The number of methoxy groups -OCH3 is 1. The van der Waals surface area contributed by atoms with Crippen molar-refractivity contribution < 1.29 is 4.74 Å². The molecule has 0 amide bonds. The Morgan fingerprint density at radius 3 is 2.96 bits per heavy atom. The van der Waals surface area contributed by atoms with Gasteiger partial charge in [-0.1, -0.05) is 25.1 Å². The van der Waals surface area contributed by atoms with Crippen molar-refractivity contribution in [2.45, 2.75) is 39.3 Å². The molecule has 1 aromatic carbocycles. The van der Waals surface area contributed by atoms with Gasteiger partial charge in [-0.05, 0) is 18.9 Å². The third-order valence-corrected chi connectivity index (χ3v) is 4.27. The fraction of sp³-hybridized carbons (Fsp3) is 0.444. The van der Waals surface area contributed by atoms with Gasteiger partial charge in [-0.25, -0.2) is 4.98 Å². The van der Waals surface area contributed by atoms with Gasteiger partial charge in [0.1, 0.15) is 11.6 Å². The van der Waals surface area contributed by atoms with Gasteiger partial charge in [-0.3, -0.25) is 9.69 Å². The first-order valence-electron chi connectivity index (χ1n) is 8.16. The van der Waals surface area contributed by atoms with E-state index in [-0.39, 0.29) is 5.56 Å². The molecule has 1 aliphatic heterocycles. The van der Waals surface area contributed by atoms with Crippen molar-refractivity contribution in [3.63, 3.8) is 0 Å². The second kappa shape index (κ2) is 6.96. The van der Waals surface area contributed by atoms with Gasteiger partial charge in [0.25, 0.3) is 5.56 Å². The SMILES string of the molecule is CCCc1nc2c(c(=O)[nH]1)CCN(Cc1ccccc1OC)C2. The molecule has 0 spiro atoms. The van der Waals surface area contributed by atoms with Crippen molar-refractivity contribution in [1.29, 1.82) is 0 Å². The Labute approximate surface area is 136 Å². The molecule has 5 nitrogen and oxygen atoms in total. The second-order valence-corrected chi connectivity index (χ2v) is 5.96. The zero-order valence-electron chi connectivity index (χ0n) is 13.8. The molecule has 0 saturated heterocycles. The molecule has 0 saturated carbocycles. The van der Waals surface area contributed by atoms with Gasteiger partial charge in [-0.2, -0.15) is 0 Å². The molecular formula is C18H23N3O2. The molecule has 1 aromatic heterocycles. The minimum atomic E-state index is 0.0374. The van der Waals surface area contributed by atoms with Crippen molar-refractivity contribution in [3.8, 4) is 5.75 Å². The van der Waals surface area contributed by atoms with Gasteiger partial charge < -0.3 is 9.72 Å². The van der Waals surface area contributed by atoms with E-state index >= 15 is 0 Å². The molecule has 0 aliphatic carbocycles. The van der Waals surface area contributed by atoms with E-state index in [0.29, 0.717) is 6.54 Å². The zero-order valence-corrected chi connectivity index (χ0v) is 13.8. The molecule has 2 heterocycles. The van der Waals surface area contributed by atoms with Crippen molar-refractivity contribution in [2.75, 3.05) is 13.7 Å². The molecule has 1 N–H and O–H groups in total. The maximum Gasteiger partial charge on any atom is 0.254 e. The van der Waals surface area contributed by atoms with Crippen LogP contribution in [0.15, 0.2) is 29.1 Å². The lowest BCUT2D eigenvalue weighted by atomic mass is 10.0. The Hall–Kier alpha value is -2.14. The minimum absolute atomic E-state index is 0.0374. The molecule has 0 unspecified atom stereocenters. The van der Waals surface area contributed by atoms with Crippen LogP contribution in [0.4, 0.5) is 0 Å². The number of aromatic amines is 1. The Kier molecular flexibility index (Phi) is 4.76. The Morgan fingerprint density at radius 2 is 2.17 bits per heavy atom. The lowest BCUT2D eigenvalue weighted by Gasteiger charge is -2.28. The molecule has 2 aromatic rings. The lowest BCUT2D eigenvalue weighted by Crippen LogP contribution is -2.35. The highest BCUT2D eigenvalue weighted by Gasteiger charge is 2.21. The normalized spacial score (nSPS) is 14.5. The van der Waals surface area contributed by atoms with Crippen LogP contribution >= 0.6 is 0 Å². The fourth-order valence-electron chi connectivity index (χ4n) is 3.11. The lowest BCUT2D eigenvalue weighted by molar-refractivity contribution is 0.236. The highest BCUT2D eigenvalue weighted by molar-refractivity contribution is 5.33. The molecule has 3 rings (SSSR count). The quantitative estimate of drug-likeness (QED) is 0.920. The van der Waals surface area contributed by atoms with Crippen LogP contribution < -0.4 is 10.3 Å². The van der Waals surface area contributed by atoms with E-state index in [4.69, 9.17) is 4.74 Å². The van der Waals surface area contributed by atoms with Crippen LogP contribution in [0.3, 0.4) is 0 Å². The number of aryl methyl sites for hydroxylation is 1. The number of fused-ring (bicyclic) bond motifs is 1. The molecule has 0 atom stereocenters. The van der Waals surface area contributed by atoms with Gasteiger partial charge in [0.15, 0.2) is 0 Å². The number of nitrogens with zero attached hydrogens (tertiary/aromatic N) is 2. The third kappa shape index (κ3) is 3.45. The first-order chi connectivity index (χ1) is 11.2. The first kappa shape index (κ1) is 15.7. The van der Waals surface area contributed by atoms with Crippen LogP contribution in [0.5, 0.6) is 5.75 Å². The molecule has 0 bridgehead atoms. The van der Waals surface area contributed by atoms with Crippen LogP contribution in [-0.2, 0) is 25.9 Å². The highest BCUT2D eigenvalue weighted by Crippen LogP contribution is 2.22. The Morgan fingerprint density at radius 1 is 1.35 bits per heavy atom. The van der Waals surface area contributed by atoms with E-state index in [1.165, 1.54) is 0 Å². The molecule has 1 aliphatic rings. The average Bonchev–Trinajstić information content (AvgIpc) is 2.55. The highest BCUT2D eigenvalue weighted by atomic mass is 16.5. The number of nitrogens with one attached hydrogen (secondary N) is 1.